The van der Waals surface area contributed by atoms with Crippen LogP contribution in [0.3, 0.4) is 0 Å². The van der Waals surface area contributed by atoms with Crippen molar-refractivity contribution in [2.24, 2.45) is 12.8 Å². The molecule has 0 fully saturated rings. The number of aryl methyl sites for hydroxylation is 2. The van der Waals surface area contributed by atoms with Crippen LogP contribution in [-0.2, 0) is 18.3 Å². The number of nitrogens with two attached hydrogens (primary N) is 1. The van der Waals surface area contributed by atoms with Crippen molar-refractivity contribution >= 4 is 0 Å². The third kappa shape index (κ3) is 3.17. The Kier molecular flexibility index (Phi) is 4.51. The lowest BCUT2D eigenvalue weighted by molar-refractivity contribution is 0.0589. The summed E-state index contributed by atoms with van der Waals surface area (Å²) in [5.41, 5.74) is 5.42. The minimum absolute atomic E-state index is 0.00362. The van der Waals surface area contributed by atoms with Gasteiger partial charge in [-0.25, -0.2) is 9.48 Å². The van der Waals surface area contributed by atoms with Crippen molar-refractivity contribution in [2.75, 3.05) is 13.2 Å². The summed E-state index contributed by atoms with van der Waals surface area (Å²) >= 11 is 0. The van der Waals surface area contributed by atoms with E-state index in [2.05, 4.69) is 5.10 Å². The quantitative estimate of drug-likeness (QED) is 0.682. The van der Waals surface area contributed by atoms with E-state index < -0.39 is 0 Å². The molecule has 0 radical (unpaired) electrons. The highest BCUT2D eigenvalue weighted by Crippen LogP contribution is 1.97. The number of hydrogen-bond donors (Lipinski definition) is 1. The molecule has 6 nitrogen and oxygen atoms in total. The van der Waals surface area contributed by atoms with Crippen LogP contribution in [0.4, 0.5) is 0 Å². The zero-order chi connectivity index (χ0) is 11.3. The molecule has 1 unspecified atom stereocenters. The molecule has 1 atom stereocenters. The van der Waals surface area contributed by atoms with Crippen LogP contribution >= 0.6 is 0 Å². The average molecular weight is 214 g/mol. The van der Waals surface area contributed by atoms with Gasteiger partial charge in [-0.05, 0) is 13.3 Å². The Hall–Kier alpha value is -1.14. The van der Waals surface area contributed by atoms with Crippen LogP contribution < -0.4 is 11.4 Å². The number of rotatable bonds is 6. The number of nitrogens with zero attached hydrogens (tertiary/aromatic N) is 3. The highest BCUT2D eigenvalue weighted by Gasteiger charge is 2.08. The summed E-state index contributed by atoms with van der Waals surface area (Å²) < 4.78 is 8.25. The predicted octanol–water partition coefficient (Wildman–Crippen LogP) is -0.664. The van der Waals surface area contributed by atoms with Crippen molar-refractivity contribution in [3.05, 3.63) is 16.8 Å². The van der Waals surface area contributed by atoms with Gasteiger partial charge in [0.05, 0.1) is 6.10 Å². The molecule has 1 aromatic heterocycles. The molecule has 0 aliphatic heterocycles. The number of ether oxygens (including phenoxy) is 1. The van der Waals surface area contributed by atoms with Gasteiger partial charge in [-0.2, -0.15) is 5.10 Å². The monoisotopic (exact) mass is 214 g/mol. The summed E-state index contributed by atoms with van der Waals surface area (Å²) in [7, 11) is 1.68. The van der Waals surface area contributed by atoms with E-state index in [1.807, 2.05) is 6.92 Å². The minimum atomic E-state index is -0.109. The van der Waals surface area contributed by atoms with Gasteiger partial charge in [0, 0.05) is 26.7 Å². The molecule has 86 valence electrons. The van der Waals surface area contributed by atoms with E-state index in [0.717, 1.165) is 0 Å². The number of hydrogen-bond acceptors (Lipinski definition) is 4. The van der Waals surface area contributed by atoms with Crippen LogP contribution in [0.2, 0.25) is 0 Å². The normalized spacial score (nSPS) is 13.0. The summed E-state index contributed by atoms with van der Waals surface area (Å²) in [6, 6.07) is 0. The maximum atomic E-state index is 11.4. The van der Waals surface area contributed by atoms with E-state index in [1.165, 1.54) is 15.6 Å². The molecule has 2 N–H and O–H groups in total. The largest absolute Gasteiger partial charge is 0.377 e. The molecule has 1 rings (SSSR count). The van der Waals surface area contributed by atoms with Crippen molar-refractivity contribution in [2.45, 2.75) is 26.0 Å². The molecule has 0 aromatic carbocycles. The maximum Gasteiger partial charge on any atom is 0.345 e. The maximum absolute atomic E-state index is 11.4. The SMILES string of the molecule is CCOC(CN)CCn1ncn(C)c1=O. The van der Waals surface area contributed by atoms with Gasteiger partial charge in [0.2, 0.25) is 0 Å². The van der Waals surface area contributed by atoms with Gasteiger partial charge in [-0.1, -0.05) is 0 Å². The Morgan fingerprint density at radius 3 is 2.87 bits per heavy atom. The molecule has 0 bridgehead atoms. The second-order valence-electron chi connectivity index (χ2n) is 3.35. The summed E-state index contributed by atoms with van der Waals surface area (Å²) in [6.45, 7) is 3.57. The van der Waals surface area contributed by atoms with Crippen molar-refractivity contribution in [1.29, 1.82) is 0 Å². The third-order valence-corrected chi connectivity index (χ3v) is 2.21. The van der Waals surface area contributed by atoms with E-state index >= 15 is 0 Å². The first-order valence-corrected chi connectivity index (χ1v) is 5.09. The Bertz CT molecular complexity index is 344. The number of aromatic nitrogens is 3. The lowest BCUT2D eigenvalue weighted by Gasteiger charge is -2.13. The fourth-order valence-electron chi connectivity index (χ4n) is 1.35. The Balaban J connectivity index is 2.49. The summed E-state index contributed by atoms with van der Waals surface area (Å²) in [6.07, 6.45) is 2.21. The molecule has 1 aromatic rings. The molecule has 0 amide bonds. The summed E-state index contributed by atoms with van der Waals surface area (Å²) in [4.78, 5) is 11.4. The van der Waals surface area contributed by atoms with Crippen LogP contribution in [0, 0.1) is 0 Å². The molecular weight excluding hydrogens is 196 g/mol. The van der Waals surface area contributed by atoms with Gasteiger partial charge < -0.3 is 10.5 Å². The second-order valence-corrected chi connectivity index (χ2v) is 3.35. The summed E-state index contributed by atoms with van der Waals surface area (Å²) in [5.74, 6) is 0. The molecule has 1 heterocycles. The Morgan fingerprint density at radius 1 is 1.67 bits per heavy atom. The Labute approximate surface area is 88.6 Å². The molecule has 0 aliphatic rings. The van der Waals surface area contributed by atoms with Crippen molar-refractivity contribution in [3.8, 4) is 0 Å². The molecule has 0 saturated carbocycles. The van der Waals surface area contributed by atoms with Gasteiger partial charge in [0.25, 0.3) is 0 Å². The first-order chi connectivity index (χ1) is 7.19. The minimum Gasteiger partial charge on any atom is -0.377 e. The van der Waals surface area contributed by atoms with Gasteiger partial charge in [0.15, 0.2) is 0 Å². The topological polar surface area (TPSA) is 75.1 Å². The standard InChI is InChI=1S/C9H18N4O2/c1-3-15-8(6-10)4-5-13-9(14)12(2)7-11-13/h7-8H,3-6,10H2,1-2H3. The van der Waals surface area contributed by atoms with Gasteiger partial charge in [-0.15, -0.1) is 0 Å². The van der Waals surface area contributed by atoms with E-state index in [9.17, 15) is 4.79 Å². The van der Waals surface area contributed by atoms with Crippen molar-refractivity contribution in [1.82, 2.24) is 14.3 Å². The van der Waals surface area contributed by atoms with Gasteiger partial charge in [0.1, 0.15) is 6.33 Å². The van der Waals surface area contributed by atoms with Crippen molar-refractivity contribution in [3.63, 3.8) is 0 Å². The highest BCUT2D eigenvalue weighted by atomic mass is 16.5. The van der Waals surface area contributed by atoms with E-state index in [0.29, 0.717) is 26.1 Å². The molecule has 0 spiro atoms. The molecular formula is C9H18N4O2. The summed E-state index contributed by atoms with van der Waals surface area (Å²) in [5, 5.41) is 3.95. The lowest BCUT2D eigenvalue weighted by atomic mass is 10.2. The van der Waals surface area contributed by atoms with E-state index in [1.54, 1.807) is 7.05 Å². The zero-order valence-corrected chi connectivity index (χ0v) is 9.22. The first-order valence-electron chi connectivity index (χ1n) is 5.09. The fraction of sp³-hybridized carbons (Fsp3) is 0.778. The van der Waals surface area contributed by atoms with Crippen LogP contribution in [0.15, 0.2) is 11.1 Å². The lowest BCUT2D eigenvalue weighted by Crippen LogP contribution is -2.29. The van der Waals surface area contributed by atoms with Crippen LogP contribution in [-0.4, -0.2) is 33.6 Å². The van der Waals surface area contributed by atoms with Crippen LogP contribution in [0.5, 0.6) is 0 Å². The van der Waals surface area contributed by atoms with Crippen LogP contribution in [0.25, 0.3) is 0 Å². The van der Waals surface area contributed by atoms with Crippen LogP contribution in [0.1, 0.15) is 13.3 Å². The predicted molar refractivity (Wildman–Crippen MR) is 56.6 cm³/mol. The second kappa shape index (κ2) is 5.67. The highest BCUT2D eigenvalue weighted by molar-refractivity contribution is 4.67. The van der Waals surface area contributed by atoms with Gasteiger partial charge >= 0.3 is 5.69 Å². The van der Waals surface area contributed by atoms with Gasteiger partial charge in [-0.3, -0.25) is 4.57 Å². The molecule has 0 aliphatic carbocycles. The molecule has 6 heteroatoms. The molecule has 15 heavy (non-hydrogen) atoms. The third-order valence-electron chi connectivity index (χ3n) is 2.21. The Morgan fingerprint density at radius 2 is 2.40 bits per heavy atom. The molecule has 0 saturated heterocycles. The first kappa shape index (κ1) is 11.9. The van der Waals surface area contributed by atoms with E-state index in [4.69, 9.17) is 10.5 Å². The average Bonchev–Trinajstić information content (AvgIpc) is 2.55. The zero-order valence-electron chi connectivity index (χ0n) is 9.22. The smallest absolute Gasteiger partial charge is 0.345 e. The van der Waals surface area contributed by atoms with Crippen molar-refractivity contribution < 1.29 is 4.74 Å². The van der Waals surface area contributed by atoms with E-state index in [-0.39, 0.29) is 11.8 Å². The fourth-order valence-corrected chi connectivity index (χ4v) is 1.35.